The molecule has 212 valence electrons. The second-order valence-electron chi connectivity index (χ2n) is 11.3. The third-order valence-electron chi connectivity index (χ3n) is 8.65. The van der Waals surface area contributed by atoms with Crippen molar-refractivity contribution in [2.24, 2.45) is 0 Å². The summed E-state index contributed by atoms with van der Waals surface area (Å²) >= 11 is 0. The smallest absolute Gasteiger partial charge is 0.144 e. The van der Waals surface area contributed by atoms with E-state index in [0.717, 1.165) is 72.1 Å². The second-order valence-corrected chi connectivity index (χ2v) is 11.3. The molecule has 0 aliphatic heterocycles. The van der Waals surface area contributed by atoms with Crippen LogP contribution in [0.4, 0.5) is 17.1 Å². The van der Waals surface area contributed by atoms with Crippen LogP contribution in [0.15, 0.2) is 173 Å². The molecule has 7 aromatic carbocycles. The highest BCUT2D eigenvalue weighted by atomic mass is 16.3. The molecule has 0 spiro atoms. The van der Waals surface area contributed by atoms with Crippen LogP contribution in [0.1, 0.15) is 0 Å². The van der Waals surface area contributed by atoms with Gasteiger partial charge in [0, 0.05) is 44.2 Å². The molecule has 45 heavy (non-hydrogen) atoms. The van der Waals surface area contributed by atoms with Crippen LogP contribution in [0.25, 0.3) is 66.1 Å². The summed E-state index contributed by atoms with van der Waals surface area (Å²) in [6, 6.07) is 57.1. The maximum Gasteiger partial charge on any atom is 0.144 e. The molecule has 0 bridgehead atoms. The Morgan fingerprint density at radius 1 is 0.356 bits per heavy atom. The van der Waals surface area contributed by atoms with Crippen LogP contribution in [0.5, 0.6) is 0 Å². The van der Waals surface area contributed by atoms with Gasteiger partial charge in [-0.15, -0.1) is 0 Å². The highest BCUT2D eigenvalue weighted by Crippen LogP contribution is 2.46. The normalized spacial score (nSPS) is 11.6. The summed E-state index contributed by atoms with van der Waals surface area (Å²) in [5, 5.41) is 4.22. The van der Waals surface area contributed by atoms with Gasteiger partial charge in [-0.1, -0.05) is 109 Å². The summed E-state index contributed by atoms with van der Waals surface area (Å²) in [5.41, 5.74) is 11.2. The fourth-order valence-corrected chi connectivity index (χ4v) is 6.58. The number of anilines is 3. The molecule has 9 aromatic rings. The Morgan fingerprint density at radius 2 is 0.933 bits per heavy atom. The zero-order valence-corrected chi connectivity index (χ0v) is 24.4. The van der Waals surface area contributed by atoms with E-state index in [1.165, 1.54) is 11.1 Å². The van der Waals surface area contributed by atoms with Crippen LogP contribution in [-0.4, -0.2) is 0 Å². The molecule has 0 fully saturated rings. The number of rotatable bonds is 5. The highest BCUT2D eigenvalue weighted by Gasteiger charge is 2.22. The summed E-state index contributed by atoms with van der Waals surface area (Å²) in [6.45, 7) is 0. The van der Waals surface area contributed by atoms with Gasteiger partial charge in [0.1, 0.15) is 22.3 Å². The number of fused-ring (bicyclic) bond motifs is 6. The molecule has 0 radical (unpaired) electrons. The average Bonchev–Trinajstić information content (AvgIpc) is 3.66. The lowest BCUT2D eigenvalue weighted by atomic mass is 9.95. The molecule has 0 amide bonds. The molecule has 0 atom stereocenters. The lowest BCUT2D eigenvalue weighted by Crippen LogP contribution is -2.09. The summed E-state index contributed by atoms with van der Waals surface area (Å²) < 4.78 is 13.3. The number of hydrogen-bond donors (Lipinski definition) is 0. The number of para-hydroxylation sites is 3. The molecular weight excluding hydrogens is 550 g/mol. The van der Waals surface area contributed by atoms with Crippen LogP contribution in [-0.2, 0) is 0 Å². The molecule has 0 unspecified atom stereocenters. The van der Waals surface area contributed by atoms with Crippen molar-refractivity contribution < 1.29 is 8.83 Å². The van der Waals surface area contributed by atoms with Crippen LogP contribution >= 0.6 is 0 Å². The minimum absolute atomic E-state index is 0.842. The van der Waals surface area contributed by atoms with Crippen molar-refractivity contribution in [1.82, 2.24) is 0 Å². The summed E-state index contributed by atoms with van der Waals surface area (Å²) in [6.07, 6.45) is 0. The molecule has 0 aliphatic carbocycles. The van der Waals surface area contributed by atoms with Crippen LogP contribution in [0.2, 0.25) is 0 Å². The standard InChI is InChI=1S/C42H27NO2/c1-4-12-28(13-5-1)29-20-22-30(23-21-29)40-41-34-18-10-11-19-37(34)44-39(41)27-36-35-26-33(24-25-38(35)45-42(36)40)43(31-14-6-2-7-15-31)32-16-8-3-9-17-32/h1-27H. The molecule has 3 nitrogen and oxygen atoms in total. The molecule has 3 heteroatoms. The van der Waals surface area contributed by atoms with E-state index in [1.807, 2.05) is 30.3 Å². The second kappa shape index (κ2) is 10.3. The highest BCUT2D eigenvalue weighted by molar-refractivity contribution is 6.23. The molecular formula is C42H27NO2. The van der Waals surface area contributed by atoms with Gasteiger partial charge in [0.25, 0.3) is 0 Å². The van der Waals surface area contributed by atoms with E-state index in [0.29, 0.717) is 0 Å². The zero-order valence-electron chi connectivity index (χ0n) is 24.4. The van der Waals surface area contributed by atoms with Crippen molar-refractivity contribution in [2.75, 3.05) is 4.90 Å². The van der Waals surface area contributed by atoms with Gasteiger partial charge in [0.05, 0.1) is 0 Å². The van der Waals surface area contributed by atoms with Crippen molar-refractivity contribution in [2.45, 2.75) is 0 Å². The van der Waals surface area contributed by atoms with Crippen molar-refractivity contribution in [3.05, 3.63) is 164 Å². The maximum atomic E-state index is 6.77. The molecule has 0 saturated carbocycles. The van der Waals surface area contributed by atoms with Gasteiger partial charge in [-0.25, -0.2) is 0 Å². The largest absolute Gasteiger partial charge is 0.456 e. The predicted molar refractivity (Wildman–Crippen MR) is 187 cm³/mol. The van der Waals surface area contributed by atoms with Gasteiger partial charge < -0.3 is 13.7 Å². The Labute approximate surface area is 260 Å². The van der Waals surface area contributed by atoms with Crippen molar-refractivity contribution in [3.8, 4) is 22.3 Å². The number of hydrogen-bond acceptors (Lipinski definition) is 3. The Hall–Kier alpha value is -6.06. The maximum absolute atomic E-state index is 6.77. The van der Waals surface area contributed by atoms with Crippen LogP contribution in [0.3, 0.4) is 0 Å². The molecule has 9 rings (SSSR count). The van der Waals surface area contributed by atoms with Gasteiger partial charge in [-0.2, -0.15) is 0 Å². The minimum atomic E-state index is 0.842. The summed E-state index contributed by atoms with van der Waals surface area (Å²) in [7, 11) is 0. The Bertz CT molecular complexity index is 2420. The topological polar surface area (TPSA) is 29.5 Å². The SMILES string of the molecule is c1ccc(-c2ccc(-c3c4oc5ccc(N(c6ccccc6)c6ccccc6)cc5c4cc4oc5ccccc5c34)cc2)cc1. The van der Waals surface area contributed by atoms with E-state index in [1.54, 1.807) is 0 Å². The third-order valence-corrected chi connectivity index (χ3v) is 8.65. The van der Waals surface area contributed by atoms with E-state index >= 15 is 0 Å². The van der Waals surface area contributed by atoms with E-state index in [-0.39, 0.29) is 0 Å². The molecule has 0 N–H and O–H groups in total. The quantitative estimate of drug-likeness (QED) is 0.204. The molecule has 2 heterocycles. The monoisotopic (exact) mass is 577 g/mol. The lowest BCUT2D eigenvalue weighted by molar-refractivity contribution is 0.664. The Balaban J connectivity index is 1.30. The number of benzene rings is 7. The van der Waals surface area contributed by atoms with E-state index in [2.05, 4.69) is 138 Å². The molecule has 0 aliphatic rings. The first-order valence-electron chi connectivity index (χ1n) is 15.2. The van der Waals surface area contributed by atoms with E-state index in [4.69, 9.17) is 8.83 Å². The minimum Gasteiger partial charge on any atom is -0.456 e. The first kappa shape index (κ1) is 25.4. The number of nitrogens with zero attached hydrogens (tertiary/aromatic N) is 1. The van der Waals surface area contributed by atoms with Gasteiger partial charge in [0.2, 0.25) is 0 Å². The van der Waals surface area contributed by atoms with Crippen molar-refractivity contribution in [3.63, 3.8) is 0 Å². The van der Waals surface area contributed by atoms with Crippen molar-refractivity contribution >= 4 is 60.9 Å². The van der Waals surface area contributed by atoms with Crippen molar-refractivity contribution in [1.29, 1.82) is 0 Å². The van der Waals surface area contributed by atoms with Gasteiger partial charge >= 0.3 is 0 Å². The fourth-order valence-electron chi connectivity index (χ4n) is 6.58. The zero-order chi connectivity index (χ0) is 29.7. The fraction of sp³-hybridized carbons (Fsp3) is 0. The summed E-state index contributed by atoms with van der Waals surface area (Å²) in [4.78, 5) is 2.28. The van der Waals surface area contributed by atoms with Gasteiger partial charge in [-0.05, 0) is 71.3 Å². The molecule has 2 aromatic heterocycles. The van der Waals surface area contributed by atoms with Crippen LogP contribution in [0, 0.1) is 0 Å². The van der Waals surface area contributed by atoms with Crippen LogP contribution < -0.4 is 4.90 Å². The lowest BCUT2D eigenvalue weighted by Gasteiger charge is -2.25. The van der Waals surface area contributed by atoms with Gasteiger partial charge in [-0.3, -0.25) is 0 Å². The first-order chi connectivity index (χ1) is 22.3. The van der Waals surface area contributed by atoms with E-state index in [9.17, 15) is 0 Å². The Morgan fingerprint density at radius 3 is 1.64 bits per heavy atom. The first-order valence-corrected chi connectivity index (χ1v) is 15.2. The average molecular weight is 578 g/mol. The Kier molecular flexibility index (Phi) is 5.82. The predicted octanol–water partition coefficient (Wildman–Crippen LogP) is 12.3. The van der Waals surface area contributed by atoms with Gasteiger partial charge in [0.15, 0.2) is 0 Å². The molecule has 0 saturated heterocycles. The van der Waals surface area contributed by atoms with E-state index < -0.39 is 0 Å². The number of furan rings is 2. The third kappa shape index (κ3) is 4.21. The summed E-state index contributed by atoms with van der Waals surface area (Å²) in [5.74, 6) is 0.